The van der Waals surface area contributed by atoms with E-state index in [0.717, 1.165) is 0 Å². The summed E-state index contributed by atoms with van der Waals surface area (Å²) in [6.07, 6.45) is 3.07. The number of hydrogen-bond acceptors (Lipinski definition) is 5. The van der Waals surface area contributed by atoms with E-state index in [4.69, 9.17) is 0 Å². The molecule has 2 aromatic rings. The first-order valence-corrected chi connectivity index (χ1v) is 7.59. The molecule has 0 aliphatic heterocycles. The summed E-state index contributed by atoms with van der Waals surface area (Å²) in [6, 6.07) is 8.26. The fraction of sp³-hybridized carbons (Fsp3) is 0.231. The van der Waals surface area contributed by atoms with Crippen LogP contribution in [0.25, 0.3) is 0 Å². The van der Waals surface area contributed by atoms with E-state index in [9.17, 15) is 8.42 Å². The third-order valence-corrected chi connectivity index (χ3v) is 4.26. The van der Waals surface area contributed by atoms with Gasteiger partial charge in [-0.2, -0.15) is 0 Å². The molecule has 106 valence electrons. The zero-order valence-corrected chi connectivity index (χ0v) is 12.1. The molecule has 0 fully saturated rings. The second kappa shape index (κ2) is 5.98. The van der Waals surface area contributed by atoms with Gasteiger partial charge in [-0.15, -0.1) is 0 Å². The van der Waals surface area contributed by atoms with Crippen LogP contribution in [0.15, 0.2) is 47.8 Å². The molecular weight excluding hydrogens is 276 g/mol. The van der Waals surface area contributed by atoms with E-state index in [-0.39, 0.29) is 5.03 Å². The van der Waals surface area contributed by atoms with E-state index >= 15 is 0 Å². The number of aromatic nitrogens is 2. The summed E-state index contributed by atoms with van der Waals surface area (Å²) in [5.41, 5.74) is 1.10. The van der Waals surface area contributed by atoms with E-state index < -0.39 is 16.1 Å². The van der Waals surface area contributed by atoms with Crippen molar-refractivity contribution in [3.8, 4) is 0 Å². The number of nitrogens with one attached hydrogen (secondary N) is 2. The molecule has 0 saturated heterocycles. The van der Waals surface area contributed by atoms with Gasteiger partial charge in [0.1, 0.15) is 0 Å². The summed E-state index contributed by atoms with van der Waals surface area (Å²) >= 11 is 0. The Balaban J connectivity index is 2.28. The second-order valence-electron chi connectivity index (χ2n) is 4.20. The number of hydrogen-bond donors (Lipinski definition) is 2. The van der Waals surface area contributed by atoms with Crippen molar-refractivity contribution in [1.29, 1.82) is 0 Å². The third kappa shape index (κ3) is 3.12. The number of nitrogens with zero attached hydrogens (tertiary/aromatic N) is 2. The topological polar surface area (TPSA) is 84.0 Å². The lowest BCUT2D eigenvalue weighted by Gasteiger charge is -2.14. The smallest absolute Gasteiger partial charge is 0.260 e. The van der Waals surface area contributed by atoms with Crippen molar-refractivity contribution in [2.75, 3.05) is 12.4 Å². The number of sulfonamides is 1. The second-order valence-corrected chi connectivity index (χ2v) is 5.83. The van der Waals surface area contributed by atoms with Crippen molar-refractivity contribution < 1.29 is 8.42 Å². The molecule has 0 saturated carbocycles. The number of anilines is 1. The van der Waals surface area contributed by atoms with Gasteiger partial charge in [0, 0.05) is 19.4 Å². The molecule has 0 aliphatic carbocycles. The zero-order valence-electron chi connectivity index (χ0n) is 11.2. The van der Waals surface area contributed by atoms with Gasteiger partial charge in [-0.1, -0.05) is 6.07 Å². The van der Waals surface area contributed by atoms with Gasteiger partial charge in [-0.05, 0) is 31.2 Å². The Labute approximate surface area is 118 Å². The molecule has 1 atom stereocenters. The van der Waals surface area contributed by atoms with Crippen LogP contribution in [0, 0.1) is 0 Å². The van der Waals surface area contributed by atoms with Gasteiger partial charge in [-0.3, -0.25) is 4.98 Å². The standard InChI is InChI=1S/C13H16N4O2S/c1-10(11-6-3-4-8-15-11)17-20(18,19)13-12(14-2)7-5-9-16-13/h3-10,14,17H,1-2H3. The van der Waals surface area contributed by atoms with Crippen molar-refractivity contribution in [2.24, 2.45) is 0 Å². The minimum Gasteiger partial charge on any atom is -0.386 e. The molecule has 6 nitrogen and oxygen atoms in total. The van der Waals surface area contributed by atoms with Gasteiger partial charge in [-0.25, -0.2) is 18.1 Å². The molecule has 0 radical (unpaired) electrons. The minimum absolute atomic E-state index is 0.0229. The van der Waals surface area contributed by atoms with Gasteiger partial charge in [0.05, 0.1) is 17.4 Å². The third-order valence-electron chi connectivity index (χ3n) is 2.76. The molecule has 0 aromatic carbocycles. The lowest BCUT2D eigenvalue weighted by atomic mass is 10.2. The van der Waals surface area contributed by atoms with Crippen LogP contribution in [0.5, 0.6) is 0 Å². The van der Waals surface area contributed by atoms with Crippen LogP contribution in [0.4, 0.5) is 5.69 Å². The lowest BCUT2D eigenvalue weighted by molar-refractivity contribution is 0.560. The quantitative estimate of drug-likeness (QED) is 0.873. The van der Waals surface area contributed by atoms with Gasteiger partial charge in [0.15, 0.2) is 5.03 Å². The molecule has 2 heterocycles. The predicted octanol–water partition coefficient (Wildman–Crippen LogP) is 1.56. The maximum atomic E-state index is 12.4. The summed E-state index contributed by atoms with van der Waals surface area (Å²) in [5.74, 6) is 0. The molecule has 0 aliphatic rings. The van der Waals surface area contributed by atoms with E-state index in [2.05, 4.69) is 20.0 Å². The van der Waals surface area contributed by atoms with E-state index in [1.54, 1.807) is 44.4 Å². The van der Waals surface area contributed by atoms with Crippen LogP contribution >= 0.6 is 0 Å². The molecular formula is C13H16N4O2S. The first-order valence-electron chi connectivity index (χ1n) is 6.10. The Kier molecular flexibility index (Phi) is 4.31. The Morgan fingerprint density at radius 2 is 1.85 bits per heavy atom. The summed E-state index contributed by atoms with van der Waals surface area (Å²) < 4.78 is 27.3. The monoisotopic (exact) mass is 292 g/mol. The summed E-state index contributed by atoms with van der Waals surface area (Å²) in [4.78, 5) is 8.07. The maximum absolute atomic E-state index is 12.4. The van der Waals surface area contributed by atoms with E-state index in [1.165, 1.54) is 6.20 Å². The number of pyridine rings is 2. The fourth-order valence-electron chi connectivity index (χ4n) is 1.78. The zero-order chi connectivity index (χ0) is 14.6. The minimum atomic E-state index is -3.71. The summed E-state index contributed by atoms with van der Waals surface area (Å²) in [5, 5.41) is 2.79. The van der Waals surface area contributed by atoms with Crippen LogP contribution < -0.4 is 10.0 Å². The van der Waals surface area contributed by atoms with Crippen LogP contribution in [0.2, 0.25) is 0 Å². The first kappa shape index (κ1) is 14.4. The molecule has 2 rings (SSSR count). The molecule has 7 heteroatoms. The van der Waals surface area contributed by atoms with Crippen molar-refractivity contribution >= 4 is 15.7 Å². The molecule has 0 spiro atoms. The molecule has 0 amide bonds. The van der Waals surface area contributed by atoms with E-state index in [0.29, 0.717) is 11.4 Å². The van der Waals surface area contributed by atoms with Crippen LogP contribution in [0.3, 0.4) is 0 Å². The lowest BCUT2D eigenvalue weighted by Crippen LogP contribution is -2.28. The average molecular weight is 292 g/mol. The normalized spacial score (nSPS) is 12.9. The molecule has 2 aromatic heterocycles. The maximum Gasteiger partial charge on any atom is 0.260 e. The Morgan fingerprint density at radius 3 is 2.50 bits per heavy atom. The van der Waals surface area contributed by atoms with Gasteiger partial charge in [0.2, 0.25) is 0 Å². The largest absolute Gasteiger partial charge is 0.386 e. The van der Waals surface area contributed by atoms with Crippen LogP contribution in [-0.4, -0.2) is 25.4 Å². The van der Waals surface area contributed by atoms with Crippen LogP contribution in [-0.2, 0) is 10.0 Å². The Hall–Kier alpha value is -1.99. The number of rotatable bonds is 5. The highest BCUT2D eigenvalue weighted by atomic mass is 32.2. The summed E-state index contributed by atoms with van der Waals surface area (Å²) in [6.45, 7) is 1.74. The van der Waals surface area contributed by atoms with Gasteiger partial charge in [0.25, 0.3) is 10.0 Å². The highest BCUT2D eigenvalue weighted by molar-refractivity contribution is 7.89. The summed E-state index contributed by atoms with van der Waals surface area (Å²) in [7, 11) is -2.06. The van der Waals surface area contributed by atoms with Gasteiger partial charge >= 0.3 is 0 Å². The van der Waals surface area contributed by atoms with Crippen molar-refractivity contribution in [3.63, 3.8) is 0 Å². The molecule has 2 N–H and O–H groups in total. The highest BCUT2D eigenvalue weighted by Crippen LogP contribution is 2.19. The Morgan fingerprint density at radius 1 is 1.10 bits per heavy atom. The highest BCUT2D eigenvalue weighted by Gasteiger charge is 2.22. The van der Waals surface area contributed by atoms with Crippen LogP contribution in [0.1, 0.15) is 18.7 Å². The first-order chi connectivity index (χ1) is 9.54. The SMILES string of the molecule is CNc1cccnc1S(=O)(=O)NC(C)c1ccccn1. The molecule has 20 heavy (non-hydrogen) atoms. The van der Waals surface area contributed by atoms with Crippen molar-refractivity contribution in [1.82, 2.24) is 14.7 Å². The van der Waals surface area contributed by atoms with Crippen molar-refractivity contribution in [3.05, 3.63) is 48.4 Å². The van der Waals surface area contributed by atoms with Crippen molar-refractivity contribution in [2.45, 2.75) is 18.0 Å². The average Bonchev–Trinajstić information content (AvgIpc) is 2.47. The molecule has 0 bridgehead atoms. The predicted molar refractivity (Wildman–Crippen MR) is 76.8 cm³/mol. The Bertz CT molecular complexity index is 674. The molecule has 1 unspecified atom stereocenters. The van der Waals surface area contributed by atoms with Gasteiger partial charge < -0.3 is 5.32 Å². The fourth-order valence-corrected chi connectivity index (χ4v) is 3.13. The van der Waals surface area contributed by atoms with E-state index in [1.807, 2.05) is 6.07 Å².